The number of fused-ring (bicyclic) bond motifs is 1. The van der Waals surface area contributed by atoms with E-state index in [4.69, 9.17) is 0 Å². The summed E-state index contributed by atoms with van der Waals surface area (Å²) in [5.41, 5.74) is 0. The van der Waals surface area contributed by atoms with E-state index < -0.39 is 57.3 Å². The molecule has 20 heavy (non-hydrogen) atoms. The fourth-order valence-corrected chi connectivity index (χ4v) is 6.62. The maximum atomic E-state index is 14.1. The van der Waals surface area contributed by atoms with Gasteiger partial charge < -0.3 is 0 Å². The summed E-state index contributed by atoms with van der Waals surface area (Å²) < 4.78 is 53.8. The summed E-state index contributed by atoms with van der Waals surface area (Å²) in [5, 5.41) is -1.14. The third-order valence-corrected chi connectivity index (χ3v) is 7.45. The van der Waals surface area contributed by atoms with Gasteiger partial charge in [0.25, 0.3) is 5.92 Å². The normalized spacial score (nSPS) is 42.3. The molecule has 1 aliphatic heterocycles. The molecular formula is C13H21F2NO3S. The molecule has 0 unspecified atom stereocenters. The number of halogens is 2. The second kappa shape index (κ2) is 4.64. The highest BCUT2D eigenvalue weighted by Crippen LogP contribution is 2.53. The van der Waals surface area contributed by atoms with Crippen LogP contribution in [0.3, 0.4) is 0 Å². The summed E-state index contributed by atoms with van der Waals surface area (Å²) in [7, 11) is -3.97. The van der Waals surface area contributed by atoms with Gasteiger partial charge in [0.15, 0.2) is 0 Å². The topological polar surface area (TPSA) is 54.5 Å². The highest BCUT2D eigenvalue weighted by atomic mass is 32.2. The van der Waals surface area contributed by atoms with Gasteiger partial charge in [-0.3, -0.25) is 4.79 Å². The Morgan fingerprint density at radius 3 is 2.35 bits per heavy atom. The molecule has 116 valence electrons. The molecule has 1 saturated heterocycles. The zero-order chi connectivity index (χ0) is 15.5. The Morgan fingerprint density at radius 1 is 1.35 bits per heavy atom. The molecule has 4 nitrogen and oxygen atoms in total. The Bertz CT molecular complexity index is 520. The first-order valence-electron chi connectivity index (χ1n) is 6.97. The molecule has 0 N–H and O–H groups in total. The Balaban J connectivity index is 2.53. The molecular weight excluding hydrogens is 288 g/mol. The standard InChI is InChI=1S/C13H21F2NO3S/c1-5-10-7(2)13(14,15)6-11-12(10)8(3)16(9(4)17)20(11,18)19/h7-8,10-12H,5-6H2,1-4H3/t7-,8+,10-,11+,12-/m0/s1. The average molecular weight is 309 g/mol. The van der Waals surface area contributed by atoms with Crippen molar-refractivity contribution in [2.24, 2.45) is 17.8 Å². The van der Waals surface area contributed by atoms with Gasteiger partial charge >= 0.3 is 0 Å². The molecule has 1 amide bonds. The molecule has 7 heteroatoms. The van der Waals surface area contributed by atoms with Gasteiger partial charge in [-0.05, 0) is 12.8 Å². The van der Waals surface area contributed by atoms with E-state index in [0.29, 0.717) is 6.42 Å². The van der Waals surface area contributed by atoms with Crippen LogP contribution in [0.5, 0.6) is 0 Å². The van der Waals surface area contributed by atoms with Crippen molar-refractivity contribution in [3.63, 3.8) is 0 Å². The second-order valence-electron chi connectivity index (χ2n) is 6.04. The summed E-state index contributed by atoms with van der Waals surface area (Å²) in [4.78, 5) is 11.6. The van der Waals surface area contributed by atoms with Gasteiger partial charge in [-0.25, -0.2) is 21.5 Å². The predicted molar refractivity (Wildman–Crippen MR) is 70.7 cm³/mol. The number of nitrogens with zero attached hydrogens (tertiary/aromatic N) is 1. The van der Waals surface area contributed by atoms with Gasteiger partial charge in [0.05, 0.1) is 5.25 Å². The zero-order valence-corrected chi connectivity index (χ0v) is 13.0. The number of alkyl halides is 2. The molecule has 2 aliphatic rings. The molecule has 1 aliphatic carbocycles. The van der Waals surface area contributed by atoms with Crippen molar-refractivity contribution in [2.45, 2.75) is 57.8 Å². The minimum Gasteiger partial charge on any atom is -0.274 e. The predicted octanol–water partition coefficient (Wildman–Crippen LogP) is 2.25. The molecule has 0 radical (unpaired) electrons. The molecule has 2 rings (SSSR count). The highest BCUT2D eigenvalue weighted by molar-refractivity contribution is 7.90. The number of carbonyl (C=O) groups excluding carboxylic acids is 1. The van der Waals surface area contributed by atoms with Crippen LogP contribution in [0.2, 0.25) is 0 Å². The van der Waals surface area contributed by atoms with Crippen molar-refractivity contribution in [3.05, 3.63) is 0 Å². The van der Waals surface area contributed by atoms with Crippen molar-refractivity contribution in [1.29, 1.82) is 0 Å². The highest BCUT2D eigenvalue weighted by Gasteiger charge is 2.63. The molecule has 1 heterocycles. The van der Waals surface area contributed by atoms with Crippen LogP contribution in [-0.4, -0.2) is 35.8 Å². The Hall–Kier alpha value is -0.720. The third-order valence-electron chi connectivity index (χ3n) is 5.07. The largest absolute Gasteiger partial charge is 0.274 e. The van der Waals surface area contributed by atoms with E-state index in [9.17, 15) is 22.0 Å². The van der Waals surface area contributed by atoms with E-state index >= 15 is 0 Å². The fraction of sp³-hybridized carbons (Fsp3) is 0.923. The van der Waals surface area contributed by atoms with Crippen LogP contribution in [0.15, 0.2) is 0 Å². The van der Waals surface area contributed by atoms with Gasteiger partial charge in [0.2, 0.25) is 15.9 Å². The number of carbonyl (C=O) groups is 1. The molecule has 5 atom stereocenters. The lowest BCUT2D eigenvalue weighted by atomic mass is 9.67. The summed E-state index contributed by atoms with van der Waals surface area (Å²) >= 11 is 0. The fourth-order valence-electron chi connectivity index (χ4n) is 4.11. The Morgan fingerprint density at radius 2 is 1.90 bits per heavy atom. The van der Waals surface area contributed by atoms with Crippen LogP contribution in [0.25, 0.3) is 0 Å². The summed E-state index contributed by atoms with van der Waals surface area (Å²) in [5.74, 6) is -5.24. The third kappa shape index (κ3) is 1.96. The van der Waals surface area contributed by atoms with Gasteiger partial charge in [-0.15, -0.1) is 0 Å². The summed E-state index contributed by atoms with van der Waals surface area (Å²) in [6.07, 6.45) is -0.185. The Labute approximate surface area is 118 Å². The van der Waals surface area contributed by atoms with E-state index in [1.165, 1.54) is 13.8 Å². The number of sulfonamides is 1. The molecule has 0 aromatic carbocycles. The maximum absolute atomic E-state index is 14.1. The average Bonchev–Trinajstić information content (AvgIpc) is 2.48. The second-order valence-corrected chi connectivity index (χ2v) is 8.07. The van der Waals surface area contributed by atoms with Crippen LogP contribution in [0.4, 0.5) is 8.78 Å². The zero-order valence-electron chi connectivity index (χ0n) is 12.1. The van der Waals surface area contributed by atoms with Crippen LogP contribution in [-0.2, 0) is 14.8 Å². The van der Waals surface area contributed by atoms with Crippen molar-refractivity contribution in [3.8, 4) is 0 Å². The van der Waals surface area contributed by atoms with Gasteiger partial charge in [0.1, 0.15) is 0 Å². The van der Waals surface area contributed by atoms with E-state index in [0.717, 1.165) is 4.31 Å². The lowest BCUT2D eigenvalue weighted by Crippen LogP contribution is -2.49. The van der Waals surface area contributed by atoms with Gasteiger partial charge in [-0.1, -0.05) is 20.3 Å². The summed E-state index contributed by atoms with van der Waals surface area (Å²) in [6, 6.07) is -0.536. The van der Waals surface area contributed by atoms with Crippen molar-refractivity contribution in [2.75, 3.05) is 0 Å². The van der Waals surface area contributed by atoms with Crippen LogP contribution in [0.1, 0.15) is 40.5 Å². The minimum atomic E-state index is -3.97. The van der Waals surface area contributed by atoms with E-state index in [-0.39, 0.29) is 0 Å². The first kappa shape index (κ1) is 15.7. The monoisotopic (exact) mass is 309 g/mol. The van der Waals surface area contributed by atoms with E-state index in [1.54, 1.807) is 13.8 Å². The molecule has 0 aromatic heterocycles. The lowest BCUT2D eigenvalue weighted by Gasteiger charge is -2.42. The molecule has 1 saturated carbocycles. The lowest BCUT2D eigenvalue weighted by molar-refractivity contribution is -0.129. The first-order valence-corrected chi connectivity index (χ1v) is 8.47. The van der Waals surface area contributed by atoms with Gasteiger partial charge in [-0.2, -0.15) is 0 Å². The van der Waals surface area contributed by atoms with E-state index in [1.807, 2.05) is 0 Å². The summed E-state index contributed by atoms with van der Waals surface area (Å²) in [6.45, 7) is 6.12. The number of rotatable bonds is 1. The molecule has 0 aromatic rings. The Kier molecular flexibility index (Phi) is 3.64. The molecule has 2 fully saturated rings. The van der Waals surface area contributed by atoms with Crippen LogP contribution < -0.4 is 0 Å². The van der Waals surface area contributed by atoms with Gasteiger partial charge in [0, 0.05) is 31.2 Å². The SMILES string of the molecule is CC[C@@H]1[C@@H]2[C@@H](C)N(C(C)=O)S(=O)(=O)[C@@H]2CC(F)(F)[C@H]1C. The minimum absolute atomic E-state index is 0.391. The number of amides is 1. The first-order chi connectivity index (χ1) is 9.05. The quantitative estimate of drug-likeness (QED) is 0.746. The number of hydrogen-bond donors (Lipinski definition) is 0. The molecule has 0 spiro atoms. The maximum Gasteiger partial charge on any atom is 0.252 e. The molecule has 0 bridgehead atoms. The smallest absolute Gasteiger partial charge is 0.252 e. The van der Waals surface area contributed by atoms with Crippen molar-refractivity contribution in [1.82, 2.24) is 4.31 Å². The van der Waals surface area contributed by atoms with Crippen molar-refractivity contribution >= 4 is 15.9 Å². The van der Waals surface area contributed by atoms with Crippen LogP contribution in [0, 0.1) is 17.8 Å². The van der Waals surface area contributed by atoms with Crippen LogP contribution >= 0.6 is 0 Å². The number of hydrogen-bond acceptors (Lipinski definition) is 3. The van der Waals surface area contributed by atoms with E-state index in [2.05, 4.69) is 0 Å². The van der Waals surface area contributed by atoms with Crippen molar-refractivity contribution < 1.29 is 22.0 Å².